The van der Waals surface area contributed by atoms with E-state index in [0.717, 1.165) is 18.8 Å². The Bertz CT molecular complexity index is 323. The van der Waals surface area contributed by atoms with E-state index < -0.39 is 0 Å². The Morgan fingerprint density at radius 2 is 1.76 bits per heavy atom. The molecule has 1 atom stereocenters. The van der Waals surface area contributed by atoms with E-state index >= 15 is 0 Å². The Balaban J connectivity index is 1.85. The molecule has 2 N–H and O–H groups in total. The van der Waals surface area contributed by atoms with E-state index in [1.54, 1.807) is 0 Å². The molecule has 122 valence electrons. The number of hydrogen-bond acceptors (Lipinski definition) is 2. The lowest BCUT2D eigenvalue weighted by Gasteiger charge is -2.37. The van der Waals surface area contributed by atoms with Crippen LogP contribution < -0.4 is 5.32 Å². The normalized spacial score (nSPS) is 27.2. The maximum Gasteiger partial charge on any atom is 0.318 e. The summed E-state index contributed by atoms with van der Waals surface area (Å²) in [5, 5.41) is 12.0. The molecule has 2 amide bonds. The molecule has 0 saturated heterocycles. The van der Waals surface area contributed by atoms with Crippen LogP contribution in [-0.2, 0) is 0 Å². The maximum absolute atomic E-state index is 12.6. The topological polar surface area (TPSA) is 52.6 Å². The smallest absolute Gasteiger partial charge is 0.318 e. The van der Waals surface area contributed by atoms with E-state index in [1.165, 1.54) is 44.9 Å². The second-order valence-corrected chi connectivity index (χ2v) is 6.94. The number of urea groups is 1. The molecule has 0 radical (unpaired) electrons. The first kappa shape index (κ1) is 16.6. The van der Waals surface area contributed by atoms with Gasteiger partial charge in [0.1, 0.15) is 0 Å². The number of rotatable bonds is 7. The molecule has 2 saturated carbocycles. The fraction of sp³-hybridized carbons (Fsp3) is 0.941. The van der Waals surface area contributed by atoms with Gasteiger partial charge in [-0.25, -0.2) is 4.79 Å². The van der Waals surface area contributed by atoms with Crippen molar-refractivity contribution in [3.05, 3.63) is 0 Å². The Kier molecular flexibility index (Phi) is 6.34. The minimum Gasteiger partial charge on any atom is -0.396 e. The van der Waals surface area contributed by atoms with Crippen molar-refractivity contribution >= 4 is 6.03 Å². The molecule has 2 aliphatic carbocycles. The number of carbonyl (C=O) groups excluding carboxylic acids is 1. The van der Waals surface area contributed by atoms with Gasteiger partial charge in [-0.2, -0.15) is 0 Å². The van der Waals surface area contributed by atoms with Crippen molar-refractivity contribution in [1.82, 2.24) is 10.2 Å². The maximum atomic E-state index is 12.6. The van der Waals surface area contributed by atoms with E-state index in [-0.39, 0.29) is 18.7 Å². The Morgan fingerprint density at radius 1 is 1.19 bits per heavy atom. The predicted octanol–water partition coefficient (Wildman–Crippen LogP) is 3.29. The molecular weight excluding hydrogens is 264 g/mol. The van der Waals surface area contributed by atoms with Crippen LogP contribution in [0.5, 0.6) is 0 Å². The van der Waals surface area contributed by atoms with Crippen LogP contribution in [0.2, 0.25) is 0 Å². The van der Waals surface area contributed by atoms with Crippen LogP contribution in [0, 0.1) is 5.92 Å². The third-order valence-corrected chi connectivity index (χ3v) is 5.13. The zero-order valence-corrected chi connectivity index (χ0v) is 13.7. The van der Waals surface area contributed by atoms with Gasteiger partial charge in [0.15, 0.2) is 0 Å². The second-order valence-electron chi connectivity index (χ2n) is 6.94. The van der Waals surface area contributed by atoms with Crippen molar-refractivity contribution in [2.75, 3.05) is 6.61 Å². The van der Waals surface area contributed by atoms with E-state index in [4.69, 9.17) is 5.11 Å². The van der Waals surface area contributed by atoms with E-state index in [9.17, 15) is 4.79 Å². The third kappa shape index (κ3) is 4.87. The minimum absolute atomic E-state index is 0.128. The molecule has 2 fully saturated rings. The lowest BCUT2D eigenvalue weighted by atomic mass is 9.84. The summed E-state index contributed by atoms with van der Waals surface area (Å²) in [4.78, 5) is 14.8. The second kappa shape index (κ2) is 8.02. The molecule has 0 heterocycles. The highest BCUT2D eigenvalue weighted by Crippen LogP contribution is 2.36. The number of aliphatic hydroxyl groups is 1. The highest BCUT2D eigenvalue weighted by Gasteiger charge is 2.38. The fourth-order valence-electron chi connectivity index (χ4n) is 3.57. The number of hydrogen-bond donors (Lipinski definition) is 2. The summed E-state index contributed by atoms with van der Waals surface area (Å²) in [5.41, 5.74) is 0. The monoisotopic (exact) mass is 296 g/mol. The third-order valence-electron chi connectivity index (χ3n) is 5.13. The Morgan fingerprint density at radius 3 is 2.24 bits per heavy atom. The van der Waals surface area contributed by atoms with Gasteiger partial charge in [-0.1, -0.05) is 13.3 Å². The van der Waals surface area contributed by atoms with Crippen LogP contribution in [0.25, 0.3) is 0 Å². The first-order valence-electron chi connectivity index (χ1n) is 8.85. The predicted molar refractivity (Wildman–Crippen MR) is 85.2 cm³/mol. The number of nitrogens with zero attached hydrogens (tertiary/aromatic N) is 1. The van der Waals surface area contributed by atoms with Gasteiger partial charge in [-0.15, -0.1) is 0 Å². The summed E-state index contributed by atoms with van der Waals surface area (Å²) in [7, 11) is 0. The molecule has 2 aliphatic rings. The highest BCUT2D eigenvalue weighted by atomic mass is 16.3. The van der Waals surface area contributed by atoms with Crippen LogP contribution in [0.4, 0.5) is 4.79 Å². The number of carbonyl (C=O) groups is 1. The van der Waals surface area contributed by atoms with Gasteiger partial charge in [-0.3, -0.25) is 0 Å². The largest absolute Gasteiger partial charge is 0.396 e. The molecule has 0 aromatic rings. The standard InChI is InChI=1S/C17H32N2O2/c1-3-14-6-8-15(9-7-14)19(16-10-11-16)17(21)18-13(2)5-4-12-20/h13-16,20H,3-12H2,1-2H3,(H,18,21). The molecule has 0 aromatic carbocycles. The van der Waals surface area contributed by atoms with E-state index in [0.29, 0.717) is 12.1 Å². The summed E-state index contributed by atoms with van der Waals surface area (Å²) in [6.07, 6.45) is 10.1. The summed E-state index contributed by atoms with van der Waals surface area (Å²) < 4.78 is 0. The van der Waals surface area contributed by atoms with E-state index in [2.05, 4.69) is 17.1 Å². The van der Waals surface area contributed by atoms with Gasteiger partial charge >= 0.3 is 6.03 Å². The van der Waals surface area contributed by atoms with Crippen molar-refractivity contribution in [1.29, 1.82) is 0 Å². The van der Waals surface area contributed by atoms with Crippen LogP contribution in [0.3, 0.4) is 0 Å². The van der Waals surface area contributed by atoms with E-state index in [1.807, 2.05) is 6.92 Å². The van der Waals surface area contributed by atoms with Gasteiger partial charge in [0.25, 0.3) is 0 Å². The lowest BCUT2D eigenvalue weighted by molar-refractivity contribution is 0.134. The quantitative estimate of drug-likeness (QED) is 0.757. The van der Waals surface area contributed by atoms with Gasteiger partial charge in [0.2, 0.25) is 0 Å². The van der Waals surface area contributed by atoms with Gasteiger partial charge < -0.3 is 15.3 Å². The SMILES string of the molecule is CCC1CCC(N(C(=O)NC(C)CCCO)C2CC2)CC1. The first-order chi connectivity index (χ1) is 10.2. The van der Waals surface area contributed by atoms with Gasteiger partial charge in [0, 0.05) is 24.7 Å². The summed E-state index contributed by atoms with van der Waals surface area (Å²) in [5.74, 6) is 0.869. The molecule has 1 unspecified atom stereocenters. The molecule has 2 rings (SSSR count). The average molecular weight is 296 g/mol. The van der Waals surface area contributed by atoms with Crippen molar-refractivity contribution in [3.8, 4) is 0 Å². The fourth-order valence-corrected chi connectivity index (χ4v) is 3.57. The van der Waals surface area contributed by atoms with Crippen LogP contribution >= 0.6 is 0 Å². The Labute approximate surface area is 129 Å². The van der Waals surface area contributed by atoms with Crippen molar-refractivity contribution in [2.45, 2.75) is 89.8 Å². The van der Waals surface area contributed by atoms with Gasteiger partial charge in [0.05, 0.1) is 0 Å². The van der Waals surface area contributed by atoms with Crippen molar-refractivity contribution in [3.63, 3.8) is 0 Å². The van der Waals surface area contributed by atoms with Crippen molar-refractivity contribution < 1.29 is 9.90 Å². The van der Waals surface area contributed by atoms with Crippen molar-refractivity contribution in [2.24, 2.45) is 5.92 Å². The average Bonchev–Trinajstić information content (AvgIpc) is 3.30. The minimum atomic E-state index is 0.128. The highest BCUT2D eigenvalue weighted by molar-refractivity contribution is 5.75. The molecule has 4 heteroatoms. The summed E-state index contributed by atoms with van der Waals surface area (Å²) >= 11 is 0. The molecule has 21 heavy (non-hydrogen) atoms. The number of aliphatic hydroxyl groups excluding tert-OH is 1. The Hall–Kier alpha value is -0.770. The molecule has 0 aliphatic heterocycles. The number of nitrogens with one attached hydrogen (secondary N) is 1. The van der Waals surface area contributed by atoms with Crippen LogP contribution in [0.1, 0.15) is 71.6 Å². The number of amides is 2. The zero-order chi connectivity index (χ0) is 15.2. The molecule has 0 aromatic heterocycles. The van der Waals surface area contributed by atoms with Crippen LogP contribution in [0.15, 0.2) is 0 Å². The first-order valence-corrected chi connectivity index (χ1v) is 8.85. The summed E-state index contributed by atoms with van der Waals surface area (Å²) in [6.45, 7) is 4.51. The van der Waals surface area contributed by atoms with Crippen LogP contribution in [-0.4, -0.2) is 40.8 Å². The molecule has 4 nitrogen and oxygen atoms in total. The molecular formula is C17H32N2O2. The zero-order valence-electron chi connectivity index (χ0n) is 13.7. The van der Waals surface area contributed by atoms with Gasteiger partial charge in [-0.05, 0) is 64.2 Å². The molecule has 0 spiro atoms. The molecule has 0 bridgehead atoms. The lowest BCUT2D eigenvalue weighted by Crippen LogP contribution is -2.50. The summed E-state index contributed by atoms with van der Waals surface area (Å²) in [6, 6.07) is 1.21.